The van der Waals surface area contributed by atoms with Crippen molar-refractivity contribution in [2.45, 2.75) is 19.1 Å². The Morgan fingerprint density at radius 2 is 2.38 bits per heavy atom. The van der Waals surface area contributed by atoms with E-state index in [0.717, 1.165) is 5.56 Å². The summed E-state index contributed by atoms with van der Waals surface area (Å²) >= 11 is 5.33. The summed E-state index contributed by atoms with van der Waals surface area (Å²) in [5.41, 5.74) is 6.33. The van der Waals surface area contributed by atoms with Crippen LogP contribution in [0.1, 0.15) is 0 Å². The summed E-state index contributed by atoms with van der Waals surface area (Å²) in [6, 6.07) is 2.58. The number of carboxylic acid groups (broad SMARTS) is 1. The smallest absolute Gasteiger partial charge is 0.322 e. The number of aromatic nitrogens is 4. The summed E-state index contributed by atoms with van der Waals surface area (Å²) in [6.45, 7) is 4.16. The summed E-state index contributed by atoms with van der Waals surface area (Å²) in [7, 11) is 0. The van der Waals surface area contributed by atoms with Crippen molar-refractivity contribution in [2.75, 3.05) is 0 Å². The highest BCUT2D eigenvalue weighted by Gasteiger charge is 2.17. The van der Waals surface area contributed by atoms with Crippen LogP contribution in [0.4, 0.5) is 0 Å². The topological polar surface area (TPSA) is 99.0 Å². The Hall–Kier alpha value is -2.32. The second-order valence-electron chi connectivity index (χ2n) is 4.37. The van der Waals surface area contributed by atoms with Crippen molar-refractivity contribution >= 4 is 18.2 Å². The summed E-state index contributed by atoms with van der Waals surface area (Å²) in [6.07, 6.45) is 5.02. The van der Waals surface area contributed by atoms with E-state index in [1.807, 2.05) is 6.07 Å². The molecule has 0 saturated heterocycles. The van der Waals surface area contributed by atoms with Gasteiger partial charge in [-0.15, -0.1) is 6.58 Å². The van der Waals surface area contributed by atoms with Crippen molar-refractivity contribution in [2.24, 2.45) is 5.73 Å². The third-order valence-corrected chi connectivity index (χ3v) is 3.27. The van der Waals surface area contributed by atoms with Gasteiger partial charge < -0.3 is 10.8 Å². The third kappa shape index (κ3) is 3.23. The van der Waals surface area contributed by atoms with Crippen molar-refractivity contribution < 1.29 is 9.90 Å². The molecule has 8 heteroatoms. The van der Waals surface area contributed by atoms with E-state index in [-0.39, 0.29) is 6.54 Å². The van der Waals surface area contributed by atoms with E-state index >= 15 is 0 Å². The molecule has 0 fully saturated rings. The Morgan fingerprint density at radius 3 is 2.95 bits per heavy atom. The molecule has 0 amide bonds. The van der Waals surface area contributed by atoms with Gasteiger partial charge in [0.1, 0.15) is 6.04 Å². The molecule has 7 nitrogen and oxygen atoms in total. The average molecular weight is 305 g/mol. The number of allylic oxidation sites excluding steroid dienone is 1. The van der Waals surface area contributed by atoms with Gasteiger partial charge in [0, 0.05) is 24.5 Å². The highest BCUT2D eigenvalue weighted by molar-refractivity contribution is 7.71. The van der Waals surface area contributed by atoms with Crippen LogP contribution in [-0.4, -0.2) is 36.4 Å². The van der Waals surface area contributed by atoms with Crippen LogP contribution in [0, 0.1) is 4.77 Å². The summed E-state index contributed by atoms with van der Waals surface area (Å²) < 4.78 is 3.57. The number of hydrogen-bond donors (Lipinski definition) is 2. The van der Waals surface area contributed by atoms with E-state index in [1.54, 1.807) is 29.1 Å². The number of pyridine rings is 1. The number of hydrogen-bond acceptors (Lipinski definition) is 5. The molecule has 0 saturated carbocycles. The van der Waals surface area contributed by atoms with Crippen molar-refractivity contribution in [3.8, 4) is 11.4 Å². The van der Waals surface area contributed by atoms with Crippen LogP contribution in [0.5, 0.6) is 0 Å². The lowest BCUT2D eigenvalue weighted by atomic mass is 10.3. The predicted octanol–water partition coefficient (Wildman–Crippen LogP) is 1.07. The summed E-state index contributed by atoms with van der Waals surface area (Å²) in [5.74, 6) is -0.497. The minimum atomic E-state index is -1.10. The first-order valence-electron chi connectivity index (χ1n) is 6.22. The highest BCUT2D eigenvalue weighted by atomic mass is 32.1. The molecule has 2 aromatic heterocycles. The minimum absolute atomic E-state index is 0.00553. The lowest BCUT2D eigenvalue weighted by Crippen LogP contribution is -2.35. The van der Waals surface area contributed by atoms with Gasteiger partial charge in [0.25, 0.3) is 0 Å². The molecule has 0 bridgehead atoms. The SMILES string of the molecule is C=CCn1c(-c2cccnc2)nn(C[C@@H](N)C(=O)O)c1=S. The largest absolute Gasteiger partial charge is 0.480 e. The van der Waals surface area contributed by atoms with E-state index in [2.05, 4.69) is 16.7 Å². The van der Waals surface area contributed by atoms with Gasteiger partial charge in [-0.05, 0) is 24.4 Å². The normalized spacial score (nSPS) is 12.0. The van der Waals surface area contributed by atoms with Crippen molar-refractivity contribution in [1.29, 1.82) is 0 Å². The Kier molecular flexibility index (Phi) is 4.61. The lowest BCUT2D eigenvalue weighted by Gasteiger charge is -2.05. The number of nitrogens with zero attached hydrogens (tertiary/aromatic N) is 4. The molecule has 21 heavy (non-hydrogen) atoms. The maximum Gasteiger partial charge on any atom is 0.322 e. The first kappa shape index (κ1) is 15.1. The van der Waals surface area contributed by atoms with Gasteiger partial charge in [0.15, 0.2) is 10.6 Å². The maximum absolute atomic E-state index is 10.9. The average Bonchev–Trinajstić information content (AvgIpc) is 2.78. The first-order chi connectivity index (χ1) is 10.0. The van der Waals surface area contributed by atoms with Gasteiger partial charge in [0.05, 0.1) is 6.54 Å². The van der Waals surface area contributed by atoms with E-state index in [1.165, 1.54) is 4.68 Å². The van der Waals surface area contributed by atoms with Gasteiger partial charge in [-0.25, -0.2) is 4.68 Å². The monoisotopic (exact) mass is 305 g/mol. The van der Waals surface area contributed by atoms with Gasteiger partial charge in [-0.2, -0.15) is 5.10 Å². The minimum Gasteiger partial charge on any atom is -0.480 e. The second kappa shape index (κ2) is 6.42. The van der Waals surface area contributed by atoms with Crippen molar-refractivity contribution in [1.82, 2.24) is 19.3 Å². The molecule has 0 aliphatic rings. The maximum atomic E-state index is 10.9. The van der Waals surface area contributed by atoms with Crippen LogP contribution in [0.15, 0.2) is 37.2 Å². The Labute approximate surface area is 126 Å². The standard InChI is InChI=1S/C13H15N5O2S/c1-2-6-17-11(9-4-3-5-15-7-9)16-18(13(17)21)8-10(14)12(19)20/h2-5,7,10H,1,6,8,14H2,(H,19,20)/t10-/m1/s1. The predicted molar refractivity (Wildman–Crippen MR) is 80.1 cm³/mol. The highest BCUT2D eigenvalue weighted by Crippen LogP contribution is 2.17. The zero-order chi connectivity index (χ0) is 15.4. The molecule has 0 unspecified atom stereocenters. The Morgan fingerprint density at radius 1 is 1.62 bits per heavy atom. The fourth-order valence-electron chi connectivity index (χ4n) is 1.83. The number of carboxylic acids is 1. The number of aliphatic carboxylic acids is 1. The van der Waals surface area contributed by atoms with Crippen LogP contribution in [-0.2, 0) is 17.9 Å². The quantitative estimate of drug-likeness (QED) is 0.612. The number of carbonyl (C=O) groups is 1. The molecule has 2 aromatic rings. The Balaban J connectivity index is 2.48. The molecule has 0 radical (unpaired) electrons. The lowest BCUT2D eigenvalue weighted by molar-refractivity contribution is -0.138. The molecule has 0 aliphatic heterocycles. The summed E-state index contributed by atoms with van der Waals surface area (Å²) in [4.78, 5) is 14.9. The zero-order valence-electron chi connectivity index (χ0n) is 11.2. The fourth-order valence-corrected chi connectivity index (χ4v) is 2.10. The van der Waals surface area contributed by atoms with E-state index in [0.29, 0.717) is 17.1 Å². The van der Waals surface area contributed by atoms with Crippen LogP contribution in [0.2, 0.25) is 0 Å². The van der Waals surface area contributed by atoms with Crippen LogP contribution in [0.25, 0.3) is 11.4 Å². The molecule has 2 heterocycles. The van der Waals surface area contributed by atoms with E-state index < -0.39 is 12.0 Å². The second-order valence-corrected chi connectivity index (χ2v) is 4.74. The molecule has 3 N–H and O–H groups in total. The van der Waals surface area contributed by atoms with Gasteiger partial charge in [-0.1, -0.05) is 6.08 Å². The van der Waals surface area contributed by atoms with Crippen LogP contribution in [0.3, 0.4) is 0 Å². The molecule has 0 aromatic carbocycles. The molecule has 1 atom stereocenters. The van der Waals surface area contributed by atoms with Gasteiger partial charge >= 0.3 is 5.97 Å². The van der Waals surface area contributed by atoms with Crippen molar-refractivity contribution in [3.05, 3.63) is 42.0 Å². The van der Waals surface area contributed by atoms with Crippen molar-refractivity contribution in [3.63, 3.8) is 0 Å². The fraction of sp³-hybridized carbons (Fsp3) is 0.231. The van der Waals surface area contributed by atoms with Gasteiger partial charge in [-0.3, -0.25) is 14.3 Å². The molecular weight excluding hydrogens is 290 g/mol. The van der Waals surface area contributed by atoms with Crippen LogP contribution >= 0.6 is 12.2 Å². The summed E-state index contributed by atoms with van der Waals surface area (Å²) in [5, 5.41) is 13.3. The molecule has 2 rings (SSSR count). The first-order valence-corrected chi connectivity index (χ1v) is 6.62. The van der Waals surface area contributed by atoms with Gasteiger partial charge in [0.2, 0.25) is 0 Å². The molecular formula is C13H15N5O2S. The molecule has 110 valence electrons. The third-order valence-electron chi connectivity index (χ3n) is 2.84. The molecule has 0 spiro atoms. The Bertz CT molecular complexity index is 707. The van der Waals surface area contributed by atoms with E-state index in [9.17, 15) is 4.79 Å². The van der Waals surface area contributed by atoms with E-state index in [4.69, 9.17) is 23.1 Å². The number of rotatable bonds is 6. The van der Waals surface area contributed by atoms with Crippen LogP contribution < -0.4 is 5.73 Å². The zero-order valence-corrected chi connectivity index (χ0v) is 12.0. The molecule has 0 aliphatic carbocycles. The number of nitrogens with two attached hydrogens (primary N) is 1.